The number of benzene rings is 1. The number of aryl methyl sites for hydroxylation is 1. The first-order valence-corrected chi connectivity index (χ1v) is 14.6. The molecule has 0 aliphatic carbocycles. The van der Waals surface area contributed by atoms with Gasteiger partial charge in [-0.25, -0.2) is 4.39 Å². The second-order valence-corrected chi connectivity index (χ2v) is 11.9. The molecule has 3 aromatic rings. The van der Waals surface area contributed by atoms with Crippen LogP contribution in [0.5, 0.6) is 0 Å². The number of halogens is 1. The van der Waals surface area contributed by atoms with E-state index in [1.165, 1.54) is 23.1 Å². The Hall–Kier alpha value is -2.81. The van der Waals surface area contributed by atoms with Crippen molar-refractivity contribution in [2.24, 2.45) is 11.8 Å². The maximum absolute atomic E-state index is 14.4. The van der Waals surface area contributed by atoms with Crippen LogP contribution >= 0.6 is 0 Å². The summed E-state index contributed by atoms with van der Waals surface area (Å²) in [7, 11) is 3.56. The van der Waals surface area contributed by atoms with Crippen molar-refractivity contribution in [1.82, 2.24) is 19.4 Å². The van der Waals surface area contributed by atoms with Crippen molar-refractivity contribution in [3.05, 3.63) is 59.3 Å². The fourth-order valence-electron chi connectivity index (χ4n) is 6.56. The van der Waals surface area contributed by atoms with E-state index in [4.69, 9.17) is 9.47 Å². The lowest BCUT2D eigenvalue weighted by molar-refractivity contribution is 0.00382. The number of ether oxygens (including phenoxy) is 2. The number of pyridine rings is 1. The van der Waals surface area contributed by atoms with Gasteiger partial charge < -0.3 is 18.9 Å². The van der Waals surface area contributed by atoms with Crippen molar-refractivity contribution in [3.63, 3.8) is 0 Å². The quantitative estimate of drug-likeness (QED) is 0.364. The van der Waals surface area contributed by atoms with Crippen LogP contribution in [0.15, 0.2) is 36.8 Å². The molecule has 2 aromatic heterocycles. The highest BCUT2D eigenvalue weighted by atomic mass is 19.1. The van der Waals surface area contributed by atoms with Crippen molar-refractivity contribution < 1.29 is 18.7 Å². The minimum atomic E-state index is -0.420. The van der Waals surface area contributed by atoms with Crippen molar-refractivity contribution in [2.75, 3.05) is 47.1 Å². The molecule has 40 heavy (non-hydrogen) atoms. The number of hydrogen-bond acceptors (Lipinski definition) is 5. The fourth-order valence-corrected chi connectivity index (χ4v) is 6.56. The van der Waals surface area contributed by atoms with Gasteiger partial charge in [-0.05, 0) is 94.2 Å². The van der Waals surface area contributed by atoms with Crippen molar-refractivity contribution >= 4 is 16.8 Å². The highest BCUT2D eigenvalue weighted by molar-refractivity contribution is 5.99. The predicted molar refractivity (Wildman–Crippen MR) is 156 cm³/mol. The smallest absolute Gasteiger partial charge is 0.256 e. The molecule has 7 nitrogen and oxygen atoms in total. The van der Waals surface area contributed by atoms with Gasteiger partial charge in [0.1, 0.15) is 5.82 Å². The maximum Gasteiger partial charge on any atom is 0.256 e. The number of carbonyl (C=O) groups excluding carboxylic acids is 1. The van der Waals surface area contributed by atoms with Crippen LogP contribution in [-0.2, 0) is 15.9 Å². The molecule has 2 saturated heterocycles. The fraction of sp³-hybridized carbons (Fsp3) is 0.562. The van der Waals surface area contributed by atoms with Crippen molar-refractivity contribution in [3.8, 4) is 5.69 Å². The Morgan fingerprint density at radius 3 is 2.73 bits per heavy atom. The molecule has 0 saturated carbocycles. The Balaban J connectivity index is 1.46. The van der Waals surface area contributed by atoms with Gasteiger partial charge in [-0.1, -0.05) is 0 Å². The molecule has 2 aliphatic heterocycles. The molecule has 0 radical (unpaired) electrons. The third-order valence-electron chi connectivity index (χ3n) is 8.97. The average molecular weight is 551 g/mol. The molecular formula is C32H43FN4O3. The zero-order valence-corrected chi connectivity index (χ0v) is 24.5. The second-order valence-electron chi connectivity index (χ2n) is 11.9. The molecule has 2 aliphatic rings. The Morgan fingerprint density at radius 1 is 1.23 bits per heavy atom. The molecule has 1 aromatic carbocycles. The van der Waals surface area contributed by atoms with Crippen LogP contribution in [0.2, 0.25) is 0 Å². The molecule has 0 spiro atoms. The Kier molecular flexibility index (Phi) is 8.88. The summed E-state index contributed by atoms with van der Waals surface area (Å²) in [6.07, 6.45) is 10.2. The lowest BCUT2D eigenvalue weighted by atomic mass is 9.91. The monoisotopic (exact) mass is 550 g/mol. The molecule has 0 bridgehead atoms. The molecule has 216 valence electrons. The molecule has 1 amide bonds. The van der Waals surface area contributed by atoms with Crippen LogP contribution in [0.25, 0.3) is 16.6 Å². The molecule has 0 N–H and O–H groups in total. The van der Waals surface area contributed by atoms with Gasteiger partial charge in [0, 0.05) is 63.8 Å². The first-order valence-electron chi connectivity index (χ1n) is 14.6. The number of fused-ring (bicyclic) bond motifs is 1. The standard InChI is InChI=1S/C32H43FN4O3/c1-21(2)35(4)32(38)27-15-26(33)6-7-28(27)37-19-25(31-22(3)16-34-17-29(31)37)14-23-8-11-36(18-23)30(20-39-5)24-9-12-40-13-10-24/h6-7,15-17,19,21,23-24,30H,8-14,18,20H2,1-5H3/t23-,30-/m0/s1. The van der Waals surface area contributed by atoms with E-state index in [9.17, 15) is 9.18 Å². The zero-order valence-electron chi connectivity index (χ0n) is 24.5. The minimum Gasteiger partial charge on any atom is -0.383 e. The average Bonchev–Trinajstić information content (AvgIpc) is 3.57. The second kappa shape index (κ2) is 12.4. The molecule has 2 fully saturated rings. The summed E-state index contributed by atoms with van der Waals surface area (Å²) in [5, 5.41) is 1.17. The van der Waals surface area contributed by atoms with Gasteiger partial charge in [0.2, 0.25) is 0 Å². The number of nitrogens with zero attached hydrogens (tertiary/aromatic N) is 4. The largest absolute Gasteiger partial charge is 0.383 e. The van der Waals surface area contributed by atoms with Crippen molar-refractivity contribution in [1.29, 1.82) is 0 Å². The summed E-state index contributed by atoms with van der Waals surface area (Å²) >= 11 is 0. The van der Waals surface area contributed by atoms with Crippen LogP contribution < -0.4 is 0 Å². The van der Waals surface area contributed by atoms with E-state index in [2.05, 4.69) is 23.0 Å². The summed E-state index contributed by atoms with van der Waals surface area (Å²) in [6, 6.07) is 4.92. The lowest BCUT2D eigenvalue weighted by Crippen LogP contribution is -2.44. The van der Waals surface area contributed by atoms with Gasteiger partial charge in [-0.2, -0.15) is 0 Å². The number of hydrogen-bond donors (Lipinski definition) is 0. The molecule has 8 heteroatoms. The van der Waals surface area contributed by atoms with Gasteiger partial charge in [-0.3, -0.25) is 14.7 Å². The third kappa shape index (κ3) is 5.80. The number of aromatic nitrogens is 2. The van der Waals surface area contributed by atoms with Gasteiger partial charge in [0.25, 0.3) is 5.91 Å². The first kappa shape index (κ1) is 28.7. The SMILES string of the molecule is COC[C@@H](C1CCOCC1)N1CC[C@@H](Cc2cn(-c3ccc(F)cc3C(=O)N(C)C(C)C)c3cncc(C)c23)C1. The normalized spacial score (nSPS) is 19.5. The number of carbonyl (C=O) groups is 1. The van der Waals surface area contributed by atoms with Gasteiger partial charge in [0.15, 0.2) is 0 Å². The van der Waals surface area contributed by atoms with Crippen LogP contribution in [0, 0.1) is 24.6 Å². The van der Waals surface area contributed by atoms with Crippen LogP contribution in [-0.4, -0.2) is 84.4 Å². The summed E-state index contributed by atoms with van der Waals surface area (Å²) in [4.78, 5) is 22.2. The number of likely N-dealkylation sites (tertiary alicyclic amines) is 1. The van der Waals surface area contributed by atoms with E-state index in [0.29, 0.717) is 29.1 Å². The van der Waals surface area contributed by atoms with Gasteiger partial charge >= 0.3 is 0 Å². The summed E-state index contributed by atoms with van der Waals surface area (Å²) in [6.45, 7) is 10.6. The predicted octanol–water partition coefficient (Wildman–Crippen LogP) is 5.26. The van der Waals surface area contributed by atoms with Gasteiger partial charge in [-0.15, -0.1) is 0 Å². The Bertz CT molecular complexity index is 1330. The van der Waals surface area contributed by atoms with E-state index < -0.39 is 5.82 Å². The summed E-state index contributed by atoms with van der Waals surface area (Å²) in [5.41, 5.74) is 4.32. The van der Waals surface area contributed by atoms with Crippen LogP contribution in [0.1, 0.15) is 54.6 Å². The Labute approximate surface area is 237 Å². The van der Waals surface area contributed by atoms with E-state index in [-0.39, 0.29) is 11.9 Å². The van der Waals surface area contributed by atoms with E-state index in [0.717, 1.165) is 69.7 Å². The molecule has 4 heterocycles. The third-order valence-corrected chi connectivity index (χ3v) is 8.97. The number of rotatable bonds is 9. The van der Waals surface area contributed by atoms with E-state index in [1.807, 2.05) is 30.8 Å². The number of methoxy groups -OCH3 is 1. The topological polar surface area (TPSA) is 59.8 Å². The summed E-state index contributed by atoms with van der Waals surface area (Å²) < 4.78 is 27.7. The van der Waals surface area contributed by atoms with E-state index >= 15 is 0 Å². The molecular weight excluding hydrogens is 507 g/mol. The maximum atomic E-state index is 14.4. The number of amides is 1. The zero-order chi connectivity index (χ0) is 28.4. The highest BCUT2D eigenvalue weighted by Crippen LogP contribution is 2.34. The van der Waals surface area contributed by atoms with Crippen molar-refractivity contribution in [2.45, 2.75) is 58.5 Å². The molecule has 2 atom stereocenters. The first-order chi connectivity index (χ1) is 19.3. The lowest BCUT2D eigenvalue weighted by Gasteiger charge is -2.36. The van der Waals surface area contributed by atoms with Gasteiger partial charge in [0.05, 0.1) is 29.6 Å². The van der Waals surface area contributed by atoms with Crippen LogP contribution in [0.4, 0.5) is 4.39 Å². The van der Waals surface area contributed by atoms with E-state index in [1.54, 1.807) is 25.1 Å². The highest BCUT2D eigenvalue weighted by Gasteiger charge is 2.34. The minimum absolute atomic E-state index is 0.00196. The van der Waals surface area contributed by atoms with Crippen LogP contribution in [0.3, 0.4) is 0 Å². The molecule has 5 rings (SSSR count). The summed E-state index contributed by atoms with van der Waals surface area (Å²) in [5.74, 6) is 0.516. The Morgan fingerprint density at radius 2 is 2.00 bits per heavy atom. The molecule has 0 unspecified atom stereocenters.